The topological polar surface area (TPSA) is 60.7 Å². The molecule has 4 aromatic carbocycles. The number of rotatable bonds is 9. The molecule has 208 valence electrons. The van der Waals surface area contributed by atoms with Crippen LogP contribution in [0.1, 0.15) is 16.7 Å². The molecule has 0 saturated carbocycles. The van der Waals surface area contributed by atoms with E-state index in [1.54, 1.807) is 11.8 Å². The SMILES string of the molecule is N#C[C@@]1(c2ccccc2)O[C@@H]2[C@@H](OCc3ccccc3)[C@@H](OCc3ccccc3)[C@@H](Sc3ccccc3)O[C@H]2CS1. The highest BCUT2D eigenvalue weighted by atomic mass is 32.2. The largest absolute Gasteiger partial charge is 0.368 e. The molecule has 2 fully saturated rings. The summed E-state index contributed by atoms with van der Waals surface area (Å²) in [4.78, 5) is -0.0742. The summed E-state index contributed by atoms with van der Waals surface area (Å²) < 4.78 is 26.9. The minimum atomic E-state index is -1.16. The molecule has 0 N–H and O–H groups in total. The van der Waals surface area contributed by atoms with E-state index in [9.17, 15) is 5.26 Å². The molecule has 41 heavy (non-hydrogen) atoms. The van der Waals surface area contributed by atoms with E-state index in [0.717, 1.165) is 21.6 Å². The molecule has 2 aliphatic rings. The number of benzene rings is 4. The van der Waals surface area contributed by atoms with Gasteiger partial charge in [0.25, 0.3) is 0 Å². The zero-order valence-corrected chi connectivity index (χ0v) is 24.1. The summed E-state index contributed by atoms with van der Waals surface area (Å²) in [6, 6.07) is 42.6. The number of ether oxygens (including phenoxy) is 4. The number of thioether (sulfide) groups is 2. The van der Waals surface area contributed by atoms with Crippen molar-refractivity contribution in [2.24, 2.45) is 0 Å². The predicted octanol–water partition coefficient (Wildman–Crippen LogP) is 7.18. The lowest BCUT2D eigenvalue weighted by Gasteiger charge is -2.50. The highest BCUT2D eigenvalue weighted by Gasteiger charge is 2.55. The Morgan fingerprint density at radius 1 is 0.756 bits per heavy atom. The van der Waals surface area contributed by atoms with Crippen LogP contribution in [0.15, 0.2) is 126 Å². The van der Waals surface area contributed by atoms with Gasteiger partial charge in [0.15, 0.2) is 0 Å². The van der Waals surface area contributed by atoms with Gasteiger partial charge in [-0.1, -0.05) is 121 Å². The summed E-state index contributed by atoms with van der Waals surface area (Å²) >= 11 is 3.11. The first-order chi connectivity index (χ1) is 20.2. The van der Waals surface area contributed by atoms with Crippen LogP contribution < -0.4 is 0 Å². The van der Waals surface area contributed by atoms with Gasteiger partial charge in [0.05, 0.1) is 19.3 Å². The van der Waals surface area contributed by atoms with Crippen molar-refractivity contribution >= 4 is 23.5 Å². The normalized spacial score (nSPS) is 27.4. The van der Waals surface area contributed by atoms with Crippen LogP contribution >= 0.6 is 23.5 Å². The minimum absolute atomic E-state index is 0.274. The van der Waals surface area contributed by atoms with Crippen LogP contribution in [0.25, 0.3) is 0 Å². The third-order valence-corrected chi connectivity index (χ3v) is 9.69. The van der Waals surface area contributed by atoms with Crippen molar-refractivity contribution in [2.75, 3.05) is 5.75 Å². The first-order valence-electron chi connectivity index (χ1n) is 13.7. The lowest BCUT2D eigenvalue weighted by atomic mass is 9.98. The Morgan fingerprint density at radius 3 is 1.88 bits per heavy atom. The van der Waals surface area contributed by atoms with Gasteiger partial charge in [-0.2, -0.15) is 5.26 Å². The predicted molar refractivity (Wildman–Crippen MR) is 162 cm³/mol. The van der Waals surface area contributed by atoms with E-state index in [1.165, 1.54) is 11.8 Å². The molecule has 6 atom stereocenters. The average Bonchev–Trinajstić information content (AvgIpc) is 3.04. The van der Waals surface area contributed by atoms with Crippen molar-refractivity contribution in [3.05, 3.63) is 138 Å². The third kappa shape index (κ3) is 6.54. The second kappa shape index (κ2) is 13.3. The van der Waals surface area contributed by atoms with Crippen LogP contribution in [0.4, 0.5) is 0 Å². The minimum Gasteiger partial charge on any atom is -0.368 e. The van der Waals surface area contributed by atoms with Crippen molar-refractivity contribution in [1.29, 1.82) is 5.26 Å². The van der Waals surface area contributed by atoms with E-state index in [0.29, 0.717) is 19.0 Å². The Kier molecular flexibility index (Phi) is 9.07. The molecule has 7 heteroatoms. The van der Waals surface area contributed by atoms with Crippen LogP contribution in [0.2, 0.25) is 0 Å². The van der Waals surface area contributed by atoms with E-state index in [-0.39, 0.29) is 11.5 Å². The van der Waals surface area contributed by atoms with Crippen molar-refractivity contribution in [2.45, 2.75) is 52.9 Å². The third-order valence-electron chi connectivity index (χ3n) is 7.21. The van der Waals surface area contributed by atoms with Gasteiger partial charge in [-0.25, -0.2) is 0 Å². The molecule has 0 aliphatic carbocycles. The molecule has 0 amide bonds. The maximum Gasteiger partial charge on any atom is 0.227 e. The zero-order chi connectivity index (χ0) is 27.9. The van der Waals surface area contributed by atoms with Gasteiger partial charge in [-0.05, 0) is 23.3 Å². The molecule has 4 aromatic rings. The Hall–Kier alpha value is -3.09. The fourth-order valence-electron chi connectivity index (χ4n) is 5.14. The number of nitriles is 1. The van der Waals surface area contributed by atoms with Crippen LogP contribution in [-0.2, 0) is 37.1 Å². The summed E-state index contributed by atoms with van der Waals surface area (Å²) in [6.07, 6.45) is -1.71. The Morgan fingerprint density at radius 2 is 1.29 bits per heavy atom. The molecule has 0 unspecified atom stereocenters. The lowest BCUT2D eigenvalue weighted by Crippen LogP contribution is -2.63. The molecular weight excluding hydrogens is 551 g/mol. The van der Waals surface area contributed by atoms with Crippen LogP contribution in [-0.4, -0.2) is 35.6 Å². The smallest absolute Gasteiger partial charge is 0.227 e. The van der Waals surface area contributed by atoms with Crippen molar-refractivity contribution < 1.29 is 18.9 Å². The number of fused-ring (bicyclic) bond motifs is 1. The van der Waals surface area contributed by atoms with Crippen molar-refractivity contribution in [3.8, 4) is 6.07 Å². The standard InChI is InChI=1S/C34H31NO4S2/c35-24-34(27-17-9-3-10-18-27)39-30-29(23-40-34)38-33(41-28-19-11-4-12-20-28)32(37-22-26-15-7-2-8-16-26)31(30)36-21-25-13-5-1-6-14-25/h1-20,29-33H,21-23H2/t29-,30-,31+,32+,33+,34+/m0/s1. The fourth-order valence-corrected chi connectivity index (χ4v) is 7.50. The number of hydrogen-bond acceptors (Lipinski definition) is 7. The summed E-state index contributed by atoms with van der Waals surface area (Å²) in [5, 5.41) is 10.4. The van der Waals surface area contributed by atoms with Gasteiger partial charge in [0, 0.05) is 16.2 Å². The second-order valence-electron chi connectivity index (χ2n) is 9.98. The van der Waals surface area contributed by atoms with Gasteiger partial charge in [0.2, 0.25) is 4.93 Å². The average molecular weight is 582 g/mol. The molecule has 2 aliphatic heterocycles. The maximum atomic E-state index is 10.4. The lowest BCUT2D eigenvalue weighted by molar-refractivity contribution is -0.253. The molecule has 0 aromatic heterocycles. The summed E-state index contributed by atoms with van der Waals surface area (Å²) in [5.41, 5.74) is 2.61. The molecule has 2 saturated heterocycles. The van der Waals surface area contributed by atoms with E-state index >= 15 is 0 Å². The van der Waals surface area contributed by atoms with Gasteiger partial charge < -0.3 is 18.9 Å². The maximum absolute atomic E-state index is 10.4. The van der Waals surface area contributed by atoms with Crippen molar-refractivity contribution in [1.82, 2.24) is 0 Å². The van der Waals surface area contributed by atoms with E-state index < -0.39 is 23.2 Å². The van der Waals surface area contributed by atoms with Crippen LogP contribution in [0.3, 0.4) is 0 Å². The second-order valence-corrected chi connectivity index (χ2v) is 12.4. The van der Waals surface area contributed by atoms with Gasteiger partial charge in [-0.15, -0.1) is 11.8 Å². The summed E-state index contributed by atoms with van der Waals surface area (Å²) in [6.45, 7) is 0.796. The highest BCUT2D eigenvalue weighted by Crippen LogP contribution is 2.48. The Balaban J connectivity index is 1.34. The first kappa shape index (κ1) is 28.0. The molecule has 2 heterocycles. The van der Waals surface area contributed by atoms with Gasteiger partial charge >= 0.3 is 0 Å². The monoisotopic (exact) mass is 581 g/mol. The molecule has 5 nitrogen and oxygen atoms in total. The van der Waals surface area contributed by atoms with Gasteiger partial charge in [0.1, 0.15) is 29.8 Å². The fraction of sp³-hybridized carbons (Fsp3) is 0.265. The van der Waals surface area contributed by atoms with E-state index in [1.807, 2.05) is 97.1 Å². The Labute approximate surface area is 249 Å². The zero-order valence-electron chi connectivity index (χ0n) is 22.5. The molecule has 6 rings (SSSR count). The number of nitrogens with zero attached hydrogens (tertiary/aromatic N) is 1. The highest BCUT2D eigenvalue weighted by molar-refractivity contribution is 8.00. The van der Waals surface area contributed by atoms with Crippen LogP contribution in [0.5, 0.6) is 0 Å². The Bertz CT molecular complexity index is 1420. The van der Waals surface area contributed by atoms with Crippen molar-refractivity contribution in [3.63, 3.8) is 0 Å². The molecular formula is C34H31NO4S2. The molecule has 0 spiro atoms. The number of hydrogen-bond donors (Lipinski definition) is 0. The quantitative estimate of drug-likeness (QED) is 0.207. The first-order valence-corrected chi connectivity index (χ1v) is 15.6. The van der Waals surface area contributed by atoms with E-state index in [2.05, 4.69) is 30.3 Å². The molecule has 0 radical (unpaired) electrons. The van der Waals surface area contributed by atoms with E-state index in [4.69, 9.17) is 18.9 Å². The summed E-state index contributed by atoms with van der Waals surface area (Å²) in [5.74, 6) is 0.593. The van der Waals surface area contributed by atoms with Gasteiger partial charge in [-0.3, -0.25) is 0 Å². The van der Waals surface area contributed by atoms with Crippen LogP contribution in [0, 0.1) is 11.3 Å². The molecule has 0 bridgehead atoms. The summed E-state index contributed by atoms with van der Waals surface area (Å²) in [7, 11) is 0.